The van der Waals surface area contributed by atoms with Crippen molar-refractivity contribution >= 4 is 23.0 Å². The number of non-ortho nitro benzene ring substituents is 1. The highest BCUT2D eigenvalue weighted by Crippen LogP contribution is 2.27. The van der Waals surface area contributed by atoms with Crippen LogP contribution in [-0.2, 0) is 6.42 Å². The van der Waals surface area contributed by atoms with Crippen molar-refractivity contribution in [3.63, 3.8) is 0 Å². The Morgan fingerprint density at radius 3 is 2.57 bits per heavy atom. The molecule has 2 rings (SSSR count). The Labute approximate surface area is 126 Å². The average molecular weight is 309 g/mol. The Morgan fingerprint density at radius 1 is 1.29 bits per heavy atom. The highest BCUT2D eigenvalue weighted by Gasteiger charge is 2.12. The van der Waals surface area contributed by atoms with Gasteiger partial charge in [-0.15, -0.1) is 0 Å². The number of anilines is 1. The van der Waals surface area contributed by atoms with Gasteiger partial charge < -0.3 is 5.32 Å². The number of nitrogens with zero attached hydrogens (tertiary/aromatic N) is 1. The van der Waals surface area contributed by atoms with Crippen LogP contribution in [0.4, 0.5) is 15.8 Å². The standard InChI is InChI=1S/C15H14ClFN2O2/c1-10(8-11-2-4-12(17)5-3-11)18-15-9-13(19(20)21)6-7-14(15)16/h2-7,9-10,18H,8H2,1H3. The summed E-state index contributed by atoms with van der Waals surface area (Å²) in [7, 11) is 0. The largest absolute Gasteiger partial charge is 0.381 e. The molecule has 0 radical (unpaired) electrons. The van der Waals surface area contributed by atoms with Crippen molar-refractivity contribution < 1.29 is 9.31 Å². The fourth-order valence-corrected chi connectivity index (χ4v) is 2.20. The van der Waals surface area contributed by atoms with Gasteiger partial charge in [0, 0.05) is 18.2 Å². The highest BCUT2D eigenvalue weighted by atomic mass is 35.5. The molecule has 0 heterocycles. The maximum atomic E-state index is 12.8. The first-order valence-corrected chi connectivity index (χ1v) is 6.78. The first-order chi connectivity index (χ1) is 9.95. The number of nitro groups is 1. The topological polar surface area (TPSA) is 55.2 Å². The van der Waals surface area contributed by atoms with Crippen LogP contribution >= 0.6 is 11.6 Å². The Morgan fingerprint density at radius 2 is 1.95 bits per heavy atom. The third-order valence-corrected chi connectivity index (χ3v) is 3.35. The van der Waals surface area contributed by atoms with Gasteiger partial charge in [0.1, 0.15) is 5.82 Å². The fraction of sp³-hybridized carbons (Fsp3) is 0.200. The molecule has 110 valence electrons. The number of halogens is 2. The second-order valence-electron chi connectivity index (χ2n) is 4.80. The summed E-state index contributed by atoms with van der Waals surface area (Å²) >= 11 is 6.03. The zero-order chi connectivity index (χ0) is 15.4. The van der Waals surface area contributed by atoms with Crippen LogP contribution in [0.3, 0.4) is 0 Å². The van der Waals surface area contributed by atoms with Gasteiger partial charge in [-0.3, -0.25) is 10.1 Å². The van der Waals surface area contributed by atoms with Gasteiger partial charge >= 0.3 is 0 Å². The maximum absolute atomic E-state index is 12.8. The summed E-state index contributed by atoms with van der Waals surface area (Å²) in [5, 5.41) is 14.3. The van der Waals surface area contributed by atoms with Crippen molar-refractivity contribution in [2.24, 2.45) is 0 Å². The van der Waals surface area contributed by atoms with Gasteiger partial charge in [-0.25, -0.2) is 4.39 Å². The zero-order valence-corrected chi connectivity index (χ0v) is 12.1. The number of nitro benzene ring substituents is 1. The van der Waals surface area contributed by atoms with E-state index in [-0.39, 0.29) is 17.5 Å². The maximum Gasteiger partial charge on any atom is 0.271 e. The van der Waals surface area contributed by atoms with E-state index in [0.29, 0.717) is 17.1 Å². The van der Waals surface area contributed by atoms with E-state index in [1.54, 1.807) is 12.1 Å². The molecule has 1 N–H and O–H groups in total. The molecular formula is C15H14ClFN2O2. The molecule has 1 unspecified atom stereocenters. The van der Waals surface area contributed by atoms with E-state index in [0.717, 1.165) is 5.56 Å². The lowest BCUT2D eigenvalue weighted by Crippen LogP contribution is -2.18. The minimum atomic E-state index is -0.466. The summed E-state index contributed by atoms with van der Waals surface area (Å²) in [5.74, 6) is -0.277. The predicted octanol–water partition coefficient (Wildman–Crippen LogP) is 4.43. The van der Waals surface area contributed by atoms with Crippen LogP contribution in [0.25, 0.3) is 0 Å². The van der Waals surface area contributed by atoms with Gasteiger partial charge in [0.25, 0.3) is 5.69 Å². The molecule has 6 heteroatoms. The summed E-state index contributed by atoms with van der Waals surface area (Å²) in [6, 6.07) is 10.5. The van der Waals surface area contributed by atoms with Crippen molar-refractivity contribution in [3.8, 4) is 0 Å². The molecule has 2 aromatic carbocycles. The van der Waals surface area contributed by atoms with Crippen LogP contribution in [0.5, 0.6) is 0 Å². The van der Waals surface area contributed by atoms with Crippen molar-refractivity contribution in [2.75, 3.05) is 5.32 Å². The molecule has 0 bridgehead atoms. The highest BCUT2D eigenvalue weighted by molar-refractivity contribution is 6.33. The lowest BCUT2D eigenvalue weighted by molar-refractivity contribution is -0.384. The molecule has 2 aromatic rings. The molecule has 0 spiro atoms. The van der Waals surface area contributed by atoms with Gasteiger partial charge in [-0.2, -0.15) is 0 Å². The molecule has 21 heavy (non-hydrogen) atoms. The van der Waals surface area contributed by atoms with E-state index >= 15 is 0 Å². The first kappa shape index (κ1) is 15.3. The second kappa shape index (κ2) is 6.54. The quantitative estimate of drug-likeness (QED) is 0.656. The minimum absolute atomic E-state index is 0.00466. The van der Waals surface area contributed by atoms with Crippen molar-refractivity contribution in [1.82, 2.24) is 0 Å². The van der Waals surface area contributed by atoms with E-state index in [1.165, 1.54) is 30.3 Å². The van der Waals surface area contributed by atoms with E-state index < -0.39 is 4.92 Å². The molecule has 0 saturated carbocycles. The molecule has 0 saturated heterocycles. The number of rotatable bonds is 5. The molecule has 0 amide bonds. The van der Waals surface area contributed by atoms with Crippen molar-refractivity contribution in [1.29, 1.82) is 0 Å². The van der Waals surface area contributed by atoms with Gasteiger partial charge in [0.05, 0.1) is 15.6 Å². The summed E-state index contributed by atoms with van der Waals surface area (Å²) in [5.41, 5.74) is 1.47. The monoisotopic (exact) mass is 308 g/mol. The number of hydrogen-bond acceptors (Lipinski definition) is 3. The Bertz CT molecular complexity index is 647. The van der Waals surface area contributed by atoms with Gasteiger partial charge in [-0.1, -0.05) is 23.7 Å². The van der Waals surface area contributed by atoms with Gasteiger partial charge in [0.15, 0.2) is 0 Å². The molecule has 0 aromatic heterocycles. The van der Waals surface area contributed by atoms with Crippen LogP contribution in [-0.4, -0.2) is 11.0 Å². The van der Waals surface area contributed by atoms with Crippen molar-refractivity contribution in [3.05, 3.63) is 69.0 Å². The Balaban J connectivity index is 2.08. The Hall–Kier alpha value is -2.14. The number of benzene rings is 2. The van der Waals surface area contributed by atoms with Crippen LogP contribution in [0.2, 0.25) is 5.02 Å². The first-order valence-electron chi connectivity index (χ1n) is 6.40. The normalized spacial score (nSPS) is 12.0. The van der Waals surface area contributed by atoms with E-state index in [4.69, 9.17) is 11.6 Å². The summed E-state index contributed by atoms with van der Waals surface area (Å²) in [6.45, 7) is 1.93. The summed E-state index contributed by atoms with van der Waals surface area (Å²) < 4.78 is 12.8. The minimum Gasteiger partial charge on any atom is -0.381 e. The third kappa shape index (κ3) is 4.16. The fourth-order valence-electron chi connectivity index (χ4n) is 2.03. The van der Waals surface area contributed by atoms with E-state index in [9.17, 15) is 14.5 Å². The van der Waals surface area contributed by atoms with E-state index in [1.807, 2.05) is 6.92 Å². The lowest BCUT2D eigenvalue weighted by Gasteiger charge is -2.16. The van der Waals surface area contributed by atoms with Crippen molar-refractivity contribution in [2.45, 2.75) is 19.4 Å². The second-order valence-corrected chi connectivity index (χ2v) is 5.20. The smallest absolute Gasteiger partial charge is 0.271 e. The summed E-state index contributed by atoms with van der Waals surface area (Å²) in [6.07, 6.45) is 0.652. The van der Waals surface area contributed by atoms with Gasteiger partial charge in [0.2, 0.25) is 0 Å². The molecule has 0 aliphatic carbocycles. The molecule has 0 aliphatic heterocycles. The molecule has 4 nitrogen and oxygen atoms in total. The number of nitrogens with one attached hydrogen (secondary N) is 1. The predicted molar refractivity (Wildman–Crippen MR) is 81.3 cm³/mol. The molecule has 0 aliphatic rings. The van der Waals surface area contributed by atoms with E-state index in [2.05, 4.69) is 5.32 Å². The van der Waals surface area contributed by atoms with Crippen LogP contribution < -0.4 is 5.32 Å². The van der Waals surface area contributed by atoms with Gasteiger partial charge in [-0.05, 0) is 37.1 Å². The Kier molecular flexibility index (Phi) is 4.75. The SMILES string of the molecule is CC(Cc1ccc(F)cc1)Nc1cc([N+](=O)[O-])ccc1Cl. The average Bonchev–Trinajstić information content (AvgIpc) is 2.43. The number of hydrogen-bond donors (Lipinski definition) is 1. The summed E-state index contributed by atoms with van der Waals surface area (Å²) in [4.78, 5) is 10.3. The molecular weight excluding hydrogens is 295 g/mol. The molecule has 0 fully saturated rings. The lowest BCUT2D eigenvalue weighted by atomic mass is 10.1. The van der Waals surface area contributed by atoms with Crippen LogP contribution in [0.15, 0.2) is 42.5 Å². The molecule has 1 atom stereocenters. The van der Waals surface area contributed by atoms with Crippen LogP contribution in [0, 0.1) is 15.9 Å². The third-order valence-electron chi connectivity index (χ3n) is 3.02. The van der Waals surface area contributed by atoms with Crippen LogP contribution in [0.1, 0.15) is 12.5 Å². The zero-order valence-electron chi connectivity index (χ0n) is 11.3.